The molecule has 2 heterocycles. The zero-order valence-corrected chi connectivity index (χ0v) is 15.9. The first kappa shape index (κ1) is 18.7. The summed E-state index contributed by atoms with van der Waals surface area (Å²) in [6.07, 6.45) is 1.79. The molecule has 138 valence electrons. The number of hydrogen-bond donors (Lipinski definition) is 1. The molecule has 0 spiro atoms. The van der Waals surface area contributed by atoms with Gasteiger partial charge in [0, 0.05) is 24.7 Å². The van der Waals surface area contributed by atoms with Crippen LogP contribution in [0.15, 0.2) is 36.5 Å². The van der Waals surface area contributed by atoms with E-state index in [1.54, 1.807) is 6.20 Å². The van der Waals surface area contributed by atoms with Crippen LogP contribution in [-0.4, -0.2) is 37.2 Å². The van der Waals surface area contributed by atoms with E-state index in [1.807, 2.05) is 24.3 Å². The fourth-order valence-corrected chi connectivity index (χ4v) is 3.09. The lowest BCUT2D eigenvalue weighted by molar-refractivity contribution is 0.0944. The number of morpholine rings is 1. The van der Waals surface area contributed by atoms with Gasteiger partial charge in [-0.05, 0) is 35.2 Å². The van der Waals surface area contributed by atoms with E-state index in [9.17, 15) is 4.79 Å². The van der Waals surface area contributed by atoms with Gasteiger partial charge >= 0.3 is 0 Å². The molecule has 0 bridgehead atoms. The van der Waals surface area contributed by atoms with E-state index in [0.717, 1.165) is 43.1 Å². The second kappa shape index (κ2) is 8.52. The van der Waals surface area contributed by atoms with Crippen molar-refractivity contribution in [3.63, 3.8) is 0 Å². The van der Waals surface area contributed by atoms with Gasteiger partial charge in [-0.3, -0.25) is 4.79 Å². The Balaban J connectivity index is 1.74. The molecule has 1 aliphatic rings. The highest BCUT2D eigenvalue weighted by atomic mass is 35.5. The lowest BCUT2D eigenvalue weighted by Crippen LogP contribution is -2.36. The number of nitrogens with zero attached hydrogens (tertiary/aromatic N) is 2. The summed E-state index contributed by atoms with van der Waals surface area (Å²) in [6.45, 7) is 7.75. The molecule has 3 rings (SSSR count). The van der Waals surface area contributed by atoms with Gasteiger partial charge < -0.3 is 15.0 Å². The first-order chi connectivity index (χ1) is 12.5. The predicted octanol–water partition coefficient (Wildman–Crippen LogP) is 3.63. The molecule has 1 aliphatic heterocycles. The largest absolute Gasteiger partial charge is 0.378 e. The second-order valence-electron chi connectivity index (χ2n) is 6.69. The molecule has 26 heavy (non-hydrogen) atoms. The fourth-order valence-electron chi connectivity index (χ4n) is 2.96. The van der Waals surface area contributed by atoms with Gasteiger partial charge in [0.1, 0.15) is 5.69 Å². The molecule has 0 aliphatic carbocycles. The zero-order chi connectivity index (χ0) is 18.5. The number of amides is 1. The quantitative estimate of drug-likeness (QED) is 0.869. The number of aromatic nitrogens is 1. The minimum Gasteiger partial charge on any atom is -0.378 e. The molecule has 1 amide bonds. The summed E-state index contributed by atoms with van der Waals surface area (Å²) in [5, 5.41) is 3.63. The number of nitrogens with one attached hydrogen (secondary N) is 1. The minimum absolute atomic E-state index is 0.155. The van der Waals surface area contributed by atoms with Gasteiger partial charge in [0.15, 0.2) is 0 Å². The van der Waals surface area contributed by atoms with Crippen molar-refractivity contribution in [2.24, 2.45) is 0 Å². The van der Waals surface area contributed by atoms with E-state index in [1.165, 1.54) is 0 Å². The third-order valence-corrected chi connectivity index (χ3v) is 4.73. The maximum absolute atomic E-state index is 12.7. The first-order valence-corrected chi connectivity index (χ1v) is 9.27. The number of benzene rings is 1. The van der Waals surface area contributed by atoms with E-state index in [0.29, 0.717) is 17.3 Å². The highest BCUT2D eigenvalue weighted by Gasteiger charge is 2.19. The molecule has 1 saturated heterocycles. The van der Waals surface area contributed by atoms with E-state index in [-0.39, 0.29) is 11.8 Å². The minimum atomic E-state index is -0.155. The number of ether oxygens (including phenoxy) is 1. The Bertz CT molecular complexity index is 756. The van der Waals surface area contributed by atoms with Gasteiger partial charge in [0.25, 0.3) is 5.91 Å². The van der Waals surface area contributed by atoms with Crippen LogP contribution in [0.4, 0.5) is 5.69 Å². The van der Waals surface area contributed by atoms with Crippen LogP contribution in [0, 0.1) is 0 Å². The maximum Gasteiger partial charge on any atom is 0.270 e. The number of rotatable bonds is 5. The number of carbonyl (C=O) groups is 1. The molecule has 6 heteroatoms. The van der Waals surface area contributed by atoms with Crippen molar-refractivity contribution in [3.8, 4) is 0 Å². The molecule has 5 nitrogen and oxygen atoms in total. The standard InChI is InChI=1S/C20H24ClN3O2/c1-14(2)18-11-17(24-7-9-26-10-8-24)13-22-19(18)20(25)23-12-15-3-5-16(21)6-4-15/h3-6,11,13-14H,7-10,12H2,1-2H3,(H,23,25). The maximum atomic E-state index is 12.7. The summed E-state index contributed by atoms with van der Waals surface area (Å²) in [5.41, 5.74) is 3.50. The SMILES string of the molecule is CC(C)c1cc(N2CCOCC2)cnc1C(=O)NCc1ccc(Cl)cc1. The molecule has 1 fully saturated rings. The van der Waals surface area contributed by atoms with Crippen molar-refractivity contribution in [2.75, 3.05) is 31.2 Å². The summed E-state index contributed by atoms with van der Waals surface area (Å²) >= 11 is 5.90. The summed E-state index contributed by atoms with van der Waals surface area (Å²) in [5.74, 6) is 0.0527. The Kier molecular flexibility index (Phi) is 6.12. The third kappa shape index (κ3) is 4.54. The van der Waals surface area contributed by atoms with Crippen LogP contribution in [0.25, 0.3) is 0 Å². The van der Waals surface area contributed by atoms with Crippen LogP contribution < -0.4 is 10.2 Å². The lowest BCUT2D eigenvalue weighted by Gasteiger charge is -2.29. The van der Waals surface area contributed by atoms with Gasteiger partial charge in [0.2, 0.25) is 0 Å². The van der Waals surface area contributed by atoms with Crippen LogP contribution in [0.3, 0.4) is 0 Å². The summed E-state index contributed by atoms with van der Waals surface area (Å²) in [4.78, 5) is 19.4. The van der Waals surface area contributed by atoms with Gasteiger partial charge in [-0.25, -0.2) is 4.98 Å². The number of anilines is 1. The predicted molar refractivity (Wildman–Crippen MR) is 104 cm³/mol. The number of pyridine rings is 1. The molecular weight excluding hydrogens is 350 g/mol. The topological polar surface area (TPSA) is 54.5 Å². The second-order valence-corrected chi connectivity index (χ2v) is 7.13. The Labute approximate surface area is 159 Å². The molecule has 0 unspecified atom stereocenters. The van der Waals surface area contributed by atoms with Gasteiger partial charge in [-0.15, -0.1) is 0 Å². The number of hydrogen-bond acceptors (Lipinski definition) is 4. The first-order valence-electron chi connectivity index (χ1n) is 8.90. The van der Waals surface area contributed by atoms with Crippen molar-refractivity contribution < 1.29 is 9.53 Å². The number of carbonyl (C=O) groups excluding carboxylic acids is 1. The third-order valence-electron chi connectivity index (χ3n) is 4.48. The Morgan fingerprint density at radius 3 is 2.62 bits per heavy atom. The normalized spacial score (nSPS) is 14.5. The summed E-state index contributed by atoms with van der Waals surface area (Å²) in [7, 11) is 0. The molecule has 0 atom stereocenters. The average molecular weight is 374 g/mol. The highest BCUT2D eigenvalue weighted by molar-refractivity contribution is 6.30. The van der Waals surface area contributed by atoms with Crippen LogP contribution in [-0.2, 0) is 11.3 Å². The fraction of sp³-hybridized carbons (Fsp3) is 0.400. The smallest absolute Gasteiger partial charge is 0.270 e. The van der Waals surface area contributed by atoms with Crippen LogP contribution in [0.2, 0.25) is 5.02 Å². The average Bonchev–Trinajstić information content (AvgIpc) is 2.67. The summed E-state index contributed by atoms with van der Waals surface area (Å²) in [6, 6.07) is 9.53. The molecule has 1 N–H and O–H groups in total. The lowest BCUT2D eigenvalue weighted by atomic mass is 10.00. The highest BCUT2D eigenvalue weighted by Crippen LogP contribution is 2.24. The molecule has 1 aromatic heterocycles. The van der Waals surface area contributed by atoms with E-state index in [2.05, 4.69) is 35.1 Å². The van der Waals surface area contributed by atoms with E-state index >= 15 is 0 Å². The van der Waals surface area contributed by atoms with Crippen molar-refractivity contribution in [3.05, 3.63) is 58.4 Å². The zero-order valence-electron chi connectivity index (χ0n) is 15.2. The Hall–Kier alpha value is -2.11. The van der Waals surface area contributed by atoms with Crippen LogP contribution >= 0.6 is 11.6 Å². The summed E-state index contributed by atoms with van der Waals surface area (Å²) < 4.78 is 5.41. The van der Waals surface area contributed by atoms with Crippen LogP contribution in [0.5, 0.6) is 0 Å². The van der Waals surface area contributed by atoms with Crippen molar-refractivity contribution in [2.45, 2.75) is 26.3 Å². The molecule has 0 radical (unpaired) electrons. The van der Waals surface area contributed by atoms with Crippen molar-refractivity contribution in [1.82, 2.24) is 10.3 Å². The Morgan fingerprint density at radius 2 is 1.96 bits per heavy atom. The monoisotopic (exact) mass is 373 g/mol. The van der Waals surface area contributed by atoms with E-state index in [4.69, 9.17) is 16.3 Å². The Morgan fingerprint density at radius 1 is 1.27 bits per heavy atom. The van der Waals surface area contributed by atoms with Crippen molar-refractivity contribution in [1.29, 1.82) is 0 Å². The van der Waals surface area contributed by atoms with Gasteiger partial charge in [-0.1, -0.05) is 37.6 Å². The molecule has 2 aromatic rings. The van der Waals surface area contributed by atoms with Gasteiger partial charge in [0.05, 0.1) is 25.1 Å². The van der Waals surface area contributed by atoms with E-state index < -0.39 is 0 Å². The van der Waals surface area contributed by atoms with Crippen LogP contribution in [0.1, 0.15) is 41.4 Å². The molecule has 1 aromatic carbocycles. The molecular formula is C20H24ClN3O2. The van der Waals surface area contributed by atoms with Crippen molar-refractivity contribution >= 4 is 23.2 Å². The van der Waals surface area contributed by atoms with Gasteiger partial charge in [-0.2, -0.15) is 0 Å². The molecule has 0 saturated carbocycles. The number of halogens is 1.